The van der Waals surface area contributed by atoms with Gasteiger partial charge < -0.3 is 13.9 Å². The van der Waals surface area contributed by atoms with Crippen LogP contribution >= 0.6 is 11.5 Å². The predicted octanol–water partition coefficient (Wildman–Crippen LogP) is 2.13. The molecular weight excluding hydrogens is 358 g/mol. The van der Waals surface area contributed by atoms with Crippen LogP contribution in [0, 0.1) is 5.92 Å². The number of aromatic nitrogens is 1. The minimum Gasteiger partial charge on any atom is -0.748 e. The van der Waals surface area contributed by atoms with E-state index in [1.807, 2.05) is 0 Å². The highest BCUT2D eigenvalue weighted by Gasteiger charge is 2.39. The Labute approximate surface area is 153 Å². The molecule has 0 N–H and O–H groups in total. The fourth-order valence-electron chi connectivity index (χ4n) is 3.95. The highest BCUT2D eigenvalue weighted by molar-refractivity contribution is 7.84. The first-order valence-electron chi connectivity index (χ1n) is 8.61. The summed E-state index contributed by atoms with van der Waals surface area (Å²) in [6, 6.07) is 8.62. The van der Waals surface area contributed by atoms with Crippen molar-refractivity contribution in [1.82, 2.24) is 4.37 Å². The highest BCUT2D eigenvalue weighted by Crippen LogP contribution is 2.32. The van der Waals surface area contributed by atoms with E-state index in [9.17, 15) is 0 Å². The first kappa shape index (κ1) is 18.6. The topological polar surface area (TPSA) is 73.3 Å². The summed E-state index contributed by atoms with van der Waals surface area (Å²) in [5.41, 5.74) is 0. The maximum atomic E-state index is 9.08. The molecule has 0 bridgehead atoms. The van der Waals surface area contributed by atoms with Crippen LogP contribution in [-0.4, -0.2) is 67.4 Å². The number of hydrogen-bond acceptors (Lipinski definition) is 6. The van der Waals surface area contributed by atoms with Gasteiger partial charge in [0.2, 0.25) is 0 Å². The molecule has 2 aromatic rings. The van der Waals surface area contributed by atoms with Gasteiger partial charge in [-0.2, -0.15) is 4.37 Å². The minimum absolute atomic E-state index is 0.604. The smallest absolute Gasteiger partial charge is 0.150 e. The number of piperazine rings is 1. The standard InChI is InChI=1S/C16H22N3S.CH4O3S/c1-13-6-9-19(12-13)10-7-18(8-11-19)16-14-4-2-3-5-15(14)20-17-16;1-5(2,3)4/h2-5,13H,6-12H2,1H3;1H3,(H,2,3,4)/q+1;/p-1. The molecule has 6 nitrogen and oxygen atoms in total. The molecule has 138 valence electrons. The molecule has 1 aromatic heterocycles. The van der Waals surface area contributed by atoms with Gasteiger partial charge in [-0.05, 0) is 23.7 Å². The molecule has 1 aromatic carbocycles. The van der Waals surface area contributed by atoms with Crippen LogP contribution in [0.4, 0.5) is 5.82 Å². The molecule has 3 heterocycles. The van der Waals surface area contributed by atoms with Crippen LogP contribution in [0.5, 0.6) is 0 Å². The summed E-state index contributed by atoms with van der Waals surface area (Å²) < 4.78 is 34.6. The molecule has 25 heavy (non-hydrogen) atoms. The van der Waals surface area contributed by atoms with Gasteiger partial charge in [0.1, 0.15) is 0 Å². The minimum atomic E-state index is -3.92. The van der Waals surface area contributed by atoms with E-state index in [1.165, 1.54) is 66.1 Å². The van der Waals surface area contributed by atoms with Crippen LogP contribution in [-0.2, 0) is 10.1 Å². The number of anilines is 1. The van der Waals surface area contributed by atoms with Gasteiger partial charge in [-0.3, -0.25) is 0 Å². The van der Waals surface area contributed by atoms with E-state index in [1.54, 1.807) is 11.5 Å². The lowest BCUT2D eigenvalue weighted by Gasteiger charge is -2.42. The van der Waals surface area contributed by atoms with Gasteiger partial charge in [0, 0.05) is 24.0 Å². The maximum Gasteiger partial charge on any atom is 0.150 e. The Hall–Kier alpha value is -1.22. The van der Waals surface area contributed by atoms with E-state index in [0.29, 0.717) is 6.26 Å². The van der Waals surface area contributed by atoms with Gasteiger partial charge in [0.25, 0.3) is 0 Å². The lowest BCUT2D eigenvalue weighted by Crippen LogP contribution is -2.58. The van der Waals surface area contributed by atoms with Gasteiger partial charge in [-0.15, -0.1) is 0 Å². The Balaban J connectivity index is 0.000000324. The van der Waals surface area contributed by atoms with Gasteiger partial charge in [0.15, 0.2) is 5.82 Å². The van der Waals surface area contributed by atoms with Gasteiger partial charge in [-0.1, -0.05) is 19.1 Å². The van der Waals surface area contributed by atoms with Crippen molar-refractivity contribution in [3.8, 4) is 0 Å². The van der Waals surface area contributed by atoms with Crippen LogP contribution in [0.3, 0.4) is 0 Å². The van der Waals surface area contributed by atoms with Crippen LogP contribution in [0.1, 0.15) is 13.3 Å². The first-order valence-corrected chi connectivity index (χ1v) is 11.2. The summed E-state index contributed by atoms with van der Waals surface area (Å²) in [6.07, 6.45) is 2.02. The molecule has 0 aliphatic carbocycles. The average Bonchev–Trinajstić information content (AvgIpc) is 3.11. The molecule has 0 amide bonds. The van der Waals surface area contributed by atoms with Crippen LogP contribution in [0.15, 0.2) is 24.3 Å². The number of nitrogens with zero attached hydrogens (tertiary/aromatic N) is 3. The van der Waals surface area contributed by atoms with Crippen molar-refractivity contribution in [3.05, 3.63) is 24.3 Å². The Bertz CT molecular complexity index is 819. The molecule has 2 saturated heterocycles. The summed E-state index contributed by atoms with van der Waals surface area (Å²) in [6.45, 7) is 10.1. The number of hydrogen-bond donors (Lipinski definition) is 0. The summed E-state index contributed by atoms with van der Waals surface area (Å²) in [4.78, 5) is 2.51. The van der Waals surface area contributed by atoms with Crippen LogP contribution in [0.2, 0.25) is 0 Å². The Morgan fingerprint density at radius 1 is 1.24 bits per heavy atom. The molecular formula is C17H25N3O3S2. The Morgan fingerprint density at radius 3 is 2.48 bits per heavy atom. The second-order valence-corrected chi connectivity index (χ2v) is 9.50. The summed E-state index contributed by atoms with van der Waals surface area (Å²) >= 11 is 1.63. The molecule has 0 radical (unpaired) electrons. The third-order valence-corrected chi connectivity index (χ3v) is 5.96. The van der Waals surface area contributed by atoms with Gasteiger partial charge in [0.05, 0.1) is 54.1 Å². The number of fused-ring (bicyclic) bond motifs is 1. The van der Waals surface area contributed by atoms with Crippen LogP contribution in [0.25, 0.3) is 10.1 Å². The monoisotopic (exact) mass is 383 g/mol. The lowest BCUT2D eigenvalue weighted by molar-refractivity contribution is -0.918. The zero-order chi connectivity index (χ0) is 18.1. The van der Waals surface area contributed by atoms with Gasteiger partial charge in [-0.25, -0.2) is 8.42 Å². The SMILES string of the molecule is CC1CC[N+]2(CCN(c3nsc4ccccc34)CC2)C1.CS(=O)(=O)[O-]. The van der Waals surface area contributed by atoms with E-state index in [0.717, 1.165) is 5.92 Å². The van der Waals surface area contributed by atoms with Crippen molar-refractivity contribution in [3.63, 3.8) is 0 Å². The fraction of sp³-hybridized carbons (Fsp3) is 0.588. The largest absolute Gasteiger partial charge is 0.748 e. The number of rotatable bonds is 1. The van der Waals surface area contributed by atoms with E-state index >= 15 is 0 Å². The van der Waals surface area contributed by atoms with E-state index in [2.05, 4.69) is 36.1 Å². The second-order valence-electron chi connectivity index (χ2n) is 7.28. The molecule has 1 unspecified atom stereocenters. The van der Waals surface area contributed by atoms with E-state index < -0.39 is 10.1 Å². The normalized spacial score (nSPS) is 22.8. The van der Waals surface area contributed by atoms with E-state index in [-0.39, 0.29) is 0 Å². The average molecular weight is 384 g/mol. The number of quaternary nitrogens is 1. The third-order valence-electron chi connectivity index (χ3n) is 5.14. The fourth-order valence-corrected chi connectivity index (χ4v) is 4.74. The predicted molar refractivity (Wildman–Crippen MR) is 101 cm³/mol. The van der Waals surface area contributed by atoms with Crippen molar-refractivity contribution < 1.29 is 17.5 Å². The molecule has 1 spiro atoms. The second kappa shape index (κ2) is 7.19. The van der Waals surface area contributed by atoms with Crippen molar-refractivity contribution in [1.29, 1.82) is 0 Å². The highest BCUT2D eigenvalue weighted by atomic mass is 32.2. The van der Waals surface area contributed by atoms with Crippen molar-refractivity contribution in [2.75, 3.05) is 50.4 Å². The molecule has 4 rings (SSSR count). The third kappa shape index (κ3) is 4.69. The maximum absolute atomic E-state index is 9.08. The van der Waals surface area contributed by atoms with Crippen LogP contribution < -0.4 is 4.90 Å². The Morgan fingerprint density at radius 2 is 1.88 bits per heavy atom. The zero-order valence-corrected chi connectivity index (χ0v) is 16.4. The number of benzene rings is 1. The summed E-state index contributed by atoms with van der Waals surface area (Å²) in [7, 11) is -3.92. The zero-order valence-electron chi connectivity index (χ0n) is 14.7. The van der Waals surface area contributed by atoms with Crippen molar-refractivity contribution in [2.45, 2.75) is 13.3 Å². The van der Waals surface area contributed by atoms with E-state index in [4.69, 9.17) is 17.3 Å². The van der Waals surface area contributed by atoms with Crippen molar-refractivity contribution >= 4 is 37.6 Å². The van der Waals surface area contributed by atoms with Crippen molar-refractivity contribution in [2.24, 2.45) is 5.92 Å². The summed E-state index contributed by atoms with van der Waals surface area (Å²) in [5.74, 6) is 2.14. The molecule has 1 atom stereocenters. The molecule has 8 heteroatoms. The first-order chi connectivity index (χ1) is 11.8. The molecule has 2 fully saturated rings. The Kier molecular flexibility index (Phi) is 5.34. The quantitative estimate of drug-likeness (QED) is 0.557. The summed E-state index contributed by atoms with van der Waals surface area (Å²) in [5, 5.41) is 1.33. The lowest BCUT2D eigenvalue weighted by atomic mass is 10.1. The molecule has 2 aliphatic heterocycles. The molecule has 0 saturated carbocycles. The van der Waals surface area contributed by atoms with Gasteiger partial charge >= 0.3 is 0 Å². The molecule has 2 aliphatic rings.